The molecule has 4 amide bonds. The molecule has 1 aliphatic heterocycles. The Hall–Kier alpha value is -2.70. The number of imide groups is 2. The largest absolute Gasteiger partial charge is 0.398 e. The van der Waals surface area contributed by atoms with Crippen LogP contribution in [0, 0.1) is 6.92 Å². The maximum Gasteiger partial charge on any atom is 0.261 e. The smallest absolute Gasteiger partial charge is 0.261 e. The molecule has 1 atom stereocenters. The number of rotatable bonds is 4. The van der Waals surface area contributed by atoms with Gasteiger partial charge in [0.1, 0.15) is 6.04 Å². The van der Waals surface area contributed by atoms with Gasteiger partial charge in [-0.05, 0) is 38.0 Å². The summed E-state index contributed by atoms with van der Waals surface area (Å²) in [6, 6.07) is 3.86. The first-order valence-corrected chi connectivity index (χ1v) is 7.39. The molecule has 0 bridgehead atoms. The second-order valence-electron chi connectivity index (χ2n) is 5.37. The van der Waals surface area contributed by atoms with E-state index in [1.807, 2.05) is 0 Å². The minimum absolute atomic E-state index is 0.123. The molecule has 0 radical (unpaired) electrons. The van der Waals surface area contributed by atoms with Crippen LogP contribution in [0.1, 0.15) is 35.7 Å². The van der Waals surface area contributed by atoms with E-state index in [-0.39, 0.29) is 30.9 Å². The van der Waals surface area contributed by atoms with Crippen LogP contribution in [0.25, 0.3) is 0 Å². The van der Waals surface area contributed by atoms with Crippen molar-refractivity contribution >= 4 is 29.8 Å². The predicted octanol–water partition coefficient (Wildman–Crippen LogP) is 0.713. The predicted molar refractivity (Wildman–Crippen MR) is 83.2 cm³/mol. The highest BCUT2D eigenvalue weighted by Gasteiger charge is 2.39. The normalized spacial score (nSPS) is 18.0. The fraction of sp³-hybridized carbons (Fsp3) is 0.375. The summed E-state index contributed by atoms with van der Waals surface area (Å²) >= 11 is 0. The molecule has 122 valence electrons. The lowest BCUT2D eigenvalue weighted by Gasteiger charge is -2.34. The Morgan fingerprint density at radius 2 is 2.13 bits per heavy atom. The number of likely N-dealkylation sites (N-methyl/N-ethyl adjacent to an activating group) is 1. The molecule has 23 heavy (non-hydrogen) atoms. The molecule has 2 N–H and O–H groups in total. The van der Waals surface area contributed by atoms with Gasteiger partial charge in [-0.2, -0.15) is 0 Å². The number of benzene rings is 1. The van der Waals surface area contributed by atoms with Crippen molar-refractivity contribution in [3.63, 3.8) is 0 Å². The zero-order chi connectivity index (χ0) is 17.1. The Kier molecular flexibility index (Phi) is 4.78. The molecule has 2 rings (SSSR count). The van der Waals surface area contributed by atoms with Gasteiger partial charge in [-0.25, -0.2) is 0 Å². The Balaban J connectivity index is 2.34. The van der Waals surface area contributed by atoms with Crippen molar-refractivity contribution in [1.29, 1.82) is 0 Å². The van der Waals surface area contributed by atoms with Gasteiger partial charge in [0.15, 0.2) is 0 Å². The second-order valence-corrected chi connectivity index (χ2v) is 5.37. The van der Waals surface area contributed by atoms with Gasteiger partial charge in [-0.3, -0.25) is 29.0 Å². The maximum absolute atomic E-state index is 12.7. The van der Waals surface area contributed by atoms with E-state index in [9.17, 15) is 19.2 Å². The van der Waals surface area contributed by atoms with Crippen LogP contribution >= 0.6 is 0 Å². The lowest BCUT2D eigenvalue weighted by Crippen LogP contribution is -2.55. The third kappa shape index (κ3) is 2.94. The van der Waals surface area contributed by atoms with Crippen LogP contribution in [0.5, 0.6) is 0 Å². The fourth-order valence-corrected chi connectivity index (χ4v) is 2.70. The van der Waals surface area contributed by atoms with E-state index in [1.165, 1.54) is 0 Å². The quantitative estimate of drug-likeness (QED) is 0.501. The van der Waals surface area contributed by atoms with Crippen LogP contribution in [-0.2, 0) is 14.4 Å². The van der Waals surface area contributed by atoms with Gasteiger partial charge < -0.3 is 5.73 Å². The summed E-state index contributed by atoms with van der Waals surface area (Å²) in [4.78, 5) is 50.2. The molecule has 7 heteroatoms. The van der Waals surface area contributed by atoms with Crippen molar-refractivity contribution in [2.75, 3.05) is 12.3 Å². The minimum atomic E-state index is -0.960. The van der Waals surface area contributed by atoms with Crippen LogP contribution in [0.3, 0.4) is 0 Å². The highest BCUT2D eigenvalue weighted by molar-refractivity contribution is 6.08. The van der Waals surface area contributed by atoms with Gasteiger partial charge in [-0.1, -0.05) is 6.07 Å². The Morgan fingerprint density at radius 3 is 2.74 bits per heavy atom. The third-order valence-corrected chi connectivity index (χ3v) is 4.09. The fourth-order valence-electron chi connectivity index (χ4n) is 2.70. The summed E-state index contributed by atoms with van der Waals surface area (Å²) in [6.45, 7) is 3.57. The molecule has 0 aliphatic carbocycles. The maximum atomic E-state index is 12.7. The first-order valence-electron chi connectivity index (χ1n) is 7.39. The first kappa shape index (κ1) is 16.7. The number of anilines is 1. The molecule has 1 saturated heterocycles. The highest BCUT2D eigenvalue weighted by atomic mass is 16.2. The lowest BCUT2D eigenvalue weighted by atomic mass is 10.00. The van der Waals surface area contributed by atoms with Crippen molar-refractivity contribution < 1.29 is 19.2 Å². The van der Waals surface area contributed by atoms with E-state index in [2.05, 4.69) is 0 Å². The summed E-state index contributed by atoms with van der Waals surface area (Å²) in [5.41, 5.74) is 7.04. The number of hydrogen-bond acceptors (Lipinski definition) is 5. The molecule has 0 saturated carbocycles. The van der Waals surface area contributed by atoms with Crippen molar-refractivity contribution in [2.24, 2.45) is 0 Å². The third-order valence-electron chi connectivity index (χ3n) is 4.09. The summed E-state index contributed by atoms with van der Waals surface area (Å²) in [5.74, 6) is -1.40. The number of nitrogens with zero attached hydrogens (tertiary/aromatic N) is 2. The number of piperidine rings is 1. The first-order chi connectivity index (χ1) is 10.9. The van der Waals surface area contributed by atoms with Crippen molar-refractivity contribution in [3.05, 3.63) is 29.3 Å². The number of carbonyl (C=O) groups excluding carboxylic acids is 4. The van der Waals surface area contributed by atoms with Crippen LogP contribution in [0.4, 0.5) is 5.69 Å². The van der Waals surface area contributed by atoms with Gasteiger partial charge in [0.05, 0.1) is 0 Å². The SMILES string of the molecule is CCN1C(=O)CCC(N(C=O)C(=O)c2cccc(N)c2C)C1=O. The monoisotopic (exact) mass is 317 g/mol. The number of nitrogens with two attached hydrogens (primary N) is 1. The molecular weight excluding hydrogens is 298 g/mol. The van der Waals surface area contributed by atoms with Crippen molar-refractivity contribution in [1.82, 2.24) is 9.80 Å². The van der Waals surface area contributed by atoms with Gasteiger partial charge in [0, 0.05) is 24.2 Å². The van der Waals surface area contributed by atoms with Gasteiger partial charge >= 0.3 is 0 Å². The summed E-state index contributed by atoms with van der Waals surface area (Å²) < 4.78 is 0. The van der Waals surface area contributed by atoms with Crippen LogP contribution in [-0.4, -0.2) is 46.5 Å². The van der Waals surface area contributed by atoms with E-state index in [1.54, 1.807) is 32.0 Å². The summed E-state index contributed by atoms with van der Waals surface area (Å²) in [6.07, 6.45) is 0.606. The van der Waals surface area contributed by atoms with E-state index >= 15 is 0 Å². The molecule has 1 heterocycles. The van der Waals surface area contributed by atoms with Crippen LogP contribution < -0.4 is 5.73 Å². The number of carbonyl (C=O) groups is 4. The van der Waals surface area contributed by atoms with Crippen LogP contribution in [0.15, 0.2) is 18.2 Å². The minimum Gasteiger partial charge on any atom is -0.398 e. The molecule has 1 fully saturated rings. The zero-order valence-electron chi connectivity index (χ0n) is 13.1. The molecule has 1 aromatic rings. The molecular formula is C16H19N3O4. The molecule has 1 unspecified atom stereocenters. The van der Waals surface area contributed by atoms with E-state index < -0.39 is 17.9 Å². The number of amides is 4. The van der Waals surface area contributed by atoms with Gasteiger partial charge in [0.2, 0.25) is 12.3 Å². The average Bonchev–Trinajstić information content (AvgIpc) is 2.53. The van der Waals surface area contributed by atoms with E-state index in [4.69, 9.17) is 5.73 Å². The molecule has 7 nitrogen and oxygen atoms in total. The Bertz CT molecular complexity index is 671. The Morgan fingerprint density at radius 1 is 1.43 bits per heavy atom. The number of nitrogen functional groups attached to an aromatic ring is 1. The van der Waals surface area contributed by atoms with E-state index in [0.717, 1.165) is 9.80 Å². The van der Waals surface area contributed by atoms with Gasteiger partial charge in [-0.15, -0.1) is 0 Å². The molecule has 0 aromatic heterocycles. The van der Waals surface area contributed by atoms with Gasteiger partial charge in [0.25, 0.3) is 11.8 Å². The standard InChI is InChI=1S/C16H19N3O4/c1-3-18-14(21)8-7-13(16(18)23)19(9-20)15(22)11-5-4-6-12(17)10(11)2/h4-6,9,13H,3,7-8,17H2,1-2H3. The molecule has 0 spiro atoms. The summed E-state index contributed by atoms with van der Waals surface area (Å²) in [5, 5.41) is 0. The van der Waals surface area contributed by atoms with E-state index in [0.29, 0.717) is 17.7 Å². The highest BCUT2D eigenvalue weighted by Crippen LogP contribution is 2.22. The van der Waals surface area contributed by atoms with Crippen LogP contribution in [0.2, 0.25) is 0 Å². The average molecular weight is 317 g/mol. The zero-order valence-corrected chi connectivity index (χ0v) is 13.1. The molecule has 1 aliphatic rings. The molecule has 1 aromatic carbocycles. The number of hydrogen-bond donors (Lipinski definition) is 1. The Labute approximate surface area is 134 Å². The number of likely N-dealkylation sites (tertiary alicyclic amines) is 1. The van der Waals surface area contributed by atoms with Crippen molar-refractivity contribution in [2.45, 2.75) is 32.7 Å². The lowest BCUT2D eigenvalue weighted by molar-refractivity contribution is -0.153. The topological polar surface area (TPSA) is 101 Å². The van der Waals surface area contributed by atoms with Crippen molar-refractivity contribution in [3.8, 4) is 0 Å². The second kappa shape index (κ2) is 6.60. The summed E-state index contributed by atoms with van der Waals surface area (Å²) in [7, 11) is 0.